The maximum absolute atomic E-state index is 3.00. The van der Waals surface area contributed by atoms with Crippen molar-refractivity contribution >= 4 is 27.4 Å². The molecule has 2 aliphatic heterocycles. The van der Waals surface area contributed by atoms with E-state index in [1.165, 1.54) is 142 Å². The highest BCUT2D eigenvalue weighted by Gasteiger charge is 2.72. The highest BCUT2D eigenvalue weighted by Crippen LogP contribution is 2.60. The van der Waals surface area contributed by atoms with Crippen molar-refractivity contribution in [1.82, 2.24) is 4.90 Å². The molecule has 1 atom stereocenters. The number of allylic oxidation sites excluding steroid dienone is 2. The van der Waals surface area contributed by atoms with Crippen LogP contribution in [0.3, 0.4) is 0 Å². The highest BCUT2D eigenvalue weighted by atomic mass is 15.5. The van der Waals surface area contributed by atoms with Gasteiger partial charge in [-0.15, -0.1) is 9.14 Å². The zero-order valence-corrected chi connectivity index (χ0v) is 33.2. The van der Waals surface area contributed by atoms with E-state index in [1.54, 1.807) is 0 Å². The van der Waals surface area contributed by atoms with Crippen molar-refractivity contribution in [2.24, 2.45) is 0 Å². The summed E-state index contributed by atoms with van der Waals surface area (Å²) < 4.78 is 5.93. The summed E-state index contributed by atoms with van der Waals surface area (Å²) in [5.74, 6) is -0.552. The lowest BCUT2D eigenvalue weighted by atomic mass is 9.78. The van der Waals surface area contributed by atoms with Gasteiger partial charge in [-0.2, -0.15) is 0 Å². The smallest absolute Gasteiger partial charge is 0.250 e. The van der Waals surface area contributed by atoms with Gasteiger partial charge < -0.3 is 0 Å². The molecule has 1 spiro atoms. The third-order valence-corrected chi connectivity index (χ3v) is 14.1. The van der Waals surface area contributed by atoms with Crippen molar-refractivity contribution in [3.8, 4) is 22.4 Å². The van der Waals surface area contributed by atoms with Crippen LogP contribution in [-0.2, 0) is 16.6 Å². The zero-order chi connectivity index (χ0) is 36.4. The van der Waals surface area contributed by atoms with Crippen LogP contribution in [0.2, 0.25) is 0 Å². The minimum Gasteiger partial charge on any atom is -0.250 e. The third-order valence-electron chi connectivity index (χ3n) is 14.1. The molecule has 0 radical (unpaired) electrons. The Morgan fingerprint density at radius 3 is 2.02 bits per heavy atom. The lowest BCUT2D eigenvalue weighted by molar-refractivity contribution is -0.933. The van der Waals surface area contributed by atoms with Gasteiger partial charge in [0.15, 0.2) is 11.8 Å². The van der Waals surface area contributed by atoms with E-state index in [4.69, 9.17) is 0 Å². The van der Waals surface area contributed by atoms with E-state index in [-0.39, 0.29) is 10.8 Å². The molecule has 0 bridgehead atoms. The Morgan fingerprint density at radius 2 is 1.30 bits per heavy atom. The first-order valence-corrected chi connectivity index (χ1v) is 20.9. The van der Waals surface area contributed by atoms with Gasteiger partial charge in [0.05, 0.1) is 16.5 Å². The summed E-state index contributed by atoms with van der Waals surface area (Å²) in [7, 11) is 0. The molecule has 270 valence electrons. The van der Waals surface area contributed by atoms with Crippen molar-refractivity contribution in [2.45, 2.75) is 141 Å². The molecule has 5 aliphatic rings. The first-order valence-electron chi connectivity index (χ1n) is 20.9. The average Bonchev–Trinajstić information content (AvgIpc) is 3.58. The zero-order valence-electron chi connectivity index (χ0n) is 33.2. The van der Waals surface area contributed by atoms with Crippen molar-refractivity contribution in [1.29, 1.82) is 0 Å². The first kappa shape index (κ1) is 33.3. The molecule has 3 nitrogen and oxygen atoms in total. The van der Waals surface area contributed by atoms with Gasteiger partial charge in [0.2, 0.25) is 11.2 Å². The van der Waals surface area contributed by atoms with E-state index < -0.39 is 5.79 Å². The van der Waals surface area contributed by atoms with E-state index in [9.17, 15) is 0 Å². The van der Waals surface area contributed by atoms with Crippen LogP contribution in [0.5, 0.6) is 0 Å². The molecular formula is C50H57N3+2. The average molecular weight is 700 g/mol. The molecule has 0 amide bonds. The Kier molecular flexibility index (Phi) is 7.32. The molecule has 10 rings (SSSR count). The second-order valence-electron chi connectivity index (χ2n) is 18.7. The number of nitrogens with zero attached hydrogens (tertiary/aromatic N) is 3. The quantitative estimate of drug-likeness (QED) is 0.167. The summed E-state index contributed by atoms with van der Waals surface area (Å²) in [5, 5.41) is 4.23. The second-order valence-corrected chi connectivity index (χ2v) is 18.7. The van der Waals surface area contributed by atoms with Gasteiger partial charge in [0, 0.05) is 54.4 Å². The number of para-hydroxylation sites is 1. The van der Waals surface area contributed by atoms with Crippen LogP contribution >= 0.6 is 0 Å². The fourth-order valence-electron chi connectivity index (χ4n) is 12.2. The lowest BCUT2D eigenvalue weighted by Gasteiger charge is -2.46. The Morgan fingerprint density at radius 1 is 0.679 bits per heavy atom. The largest absolute Gasteiger partial charge is 0.474 e. The van der Waals surface area contributed by atoms with Gasteiger partial charge in [0.25, 0.3) is 0 Å². The summed E-state index contributed by atoms with van der Waals surface area (Å²) in [6, 6.07) is 32.0. The number of fused-ring (bicyclic) bond motifs is 14. The van der Waals surface area contributed by atoms with Gasteiger partial charge in [-0.3, -0.25) is 0 Å². The van der Waals surface area contributed by atoms with Gasteiger partial charge in [-0.1, -0.05) is 121 Å². The summed E-state index contributed by atoms with van der Waals surface area (Å²) in [5.41, 5.74) is 15.7. The van der Waals surface area contributed by atoms with Gasteiger partial charge >= 0.3 is 5.79 Å². The molecule has 3 heterocycles. The maximum atomic E-state index is 3.00. The van der Waals surface area contributed by atoms with E-state index in [0.717, 1.165) is 0 Å². The standard InChI is InChI=1S/C50H57N3/c1-32-30-33(2)52(35-22-12-9-13-23-35)50(51(32)34-20-10-8-11-21-34)45-37-25-15-14-24-36(37)42(48(3,4)5)31-40(45)47-44-38-26-16-18-28-41(38)49(6,7)46(44)39-27-17-19-29-43(39)53(47)50/h14-19,24-31,34-35H,8-13,20-23H2,1-7H3/q+2. The molecule has 53 heavy (non-hydrogen) atoms. The van der Waals surface area contributed by atoms with E-state index >= 15 is 0 Å². The van der Waals surface area contributed by atoms with Crippen LogP contribution in [0.1, 0.15) is 135 Å². The van der Waals surface area contributed by atoms with Crippen LogP contribution in [0.15, 0.2) is 90.6 Å². The van der Waals surface area contributed by atoms with E-state index in [0.29, 0.717) is 12.1 Å². The van der Waals surface area contributed by atoms with Crippen molar-refractivity contribution in [3.05, 3.63) is 113 Å². The fourth-order valence-corrected chi connectivity index (χ4v) is 12.2. The Balaban J connectivity index is 1.50. The number of pyridine rings is 1. The van der Waals surface area contributed by atoms with Crippen LogP contribution in [0.4, 0.5) is 0 Å². The molecule has 3 heteroatoms. The Labute approximate surface area is 317 Å². The molecule has 5 aromatic rings. The predicted octanol–water partition coefficient (Wildman–Crippen LogP) is 11.9. The molecule has 0 saturated heterocycles. The summed E-state index contributed by atoms with van der Waals surface area (Å²) in [4.78, 5) is 3.00. The third kappa shape index (κ3) is 4.40. The molecule has 2 saturated carbocycles. The fraction of sp³-hybridized carbons (Fsp3) is 0.440. The minimum atomic E-state index is -0.552. The topological polar surface area (TPSA) is 10.1 Å². The van der Waals surface area contributed by atoms with Crippen LogP contribution < -0.4 is 4.57 Å². The molecular weight excluding hydrogens is 643 g/mol. The predicted molar refractivity (Wildman–Crippen MR) is 221 cm³/mol. The number of benzene rings is 4. The number of hydrogen-bond acceptors (Lipinski definition) is 1. The minimum absolute atomic E-state index is 0.0248. The van der Waals surface area contributed by atoms with Crippen molar-refractivity contribution < 1.29 is 9.14 Å². The number of aromatic nitrogens is 1. The van der Waals surface area contributed by atoms with E-state index in [2.05, 4.69) is 147 Å². The molecule has 2 fully saturated rings. The SMILES string of the molecule is CC1=CC(C)=[N+](C2CCCCC2)C2(c3c(cc(C(C)(C)C)c4ccccc34)-c3c4c(c5ccccc5[n+]32)C(C)(C)c2ccccc2-4)N1C1CCCCC1. The maximum Gasteiger partial charge on any atom is 0.474 e. The monoisotopic (exact) mass is 699 g/mol. The van der Waals surface area contributed by atoms with Crippen molar-refractivity contribution in [3.63, 3.8) is 0 Å². The van der Waals surface area contributed by atoms with Crippen LogP contribution in [0, 0.1) is 0 Å². The second kappa shape index (κ2) is 11.6. The summed E-state index contributed by atoms with van der Waals surface area (Å²) in [6.07, 6.45) is 15.4. The molecule has 3 aliphatic carbocycles. The normalized spacial score (nSPS) is 22.7. The molecule has 1 aromatic heterocycles. The molecule has 4 aromatic carbocycles. The van der Waals surface area contributed by atoms with E-state index in [1.807, 2.05) is 0 Å². The summed E-state index contributed by atoms with van der Waals surface area (Å²) in [6.45, 7) is 17.1. The first-order chi connectivity index (χ1) is 25.6. The Bertz CT molecular complexity index is 2410. The van der Waals surface area contributed by atoms with Crippen molar-refractivity contribution in [2.75, 3.05) is 0 Å². The Hall–Kier alpha value is -4.24. The lowest BCUT2D eigenvalue weighted by Crippen LogP contribution is -2.75. The molecule has 0 N–H and O–H groups in total. The molecule has 1 unspecified atom stereocenters. The van der Waals surface area contributed by atoms with Gasteiger partial charge in [-0.25, -0.2) is 4.90 Å². The van der Waals surface area contributed by atoms with Gasteiger partial charge in [-0.05, 0) is 77.8 Å². The number of rotatable bonds is 2. The summed E-state index contributed by atoms with van der Waals surface area (Å²) >= 11 is 0. The van der Waals surface area contributed by atoms with Crippen LogP contribution in [-0.4, -0.2) is 27.3 Å². The van der Waals surface area contributed by atoms with Crippen LogP contribution in [0.25, 0.3) is 44.1 Å². The highest BCUT2D eigenvalue weighted by molar-refractivity contribution is 6.04. The van der Waals surface area contributed by atoms with Gasteiger partial charge in [0.1, 0.15) is 5.56 Å². The number of hydrogen-bond donors (Lipinski definition) is 0.